The quantitative estimate of drug-likeness (QED) is 0.0234. The number of aliphatic carboxylic acids is 1. The number of fused-ring (bicyclic) bond motifs is 6. The third kappa shape index (κ3) is 32.7. The Balaban J connectivity index is 0.00000431. The molecule has 6 aliphatic rings. The summed E-state index contributed by atoms with van der Waals surface area (Å²) in [5.74, 6) is -2.25. The van der Waals surface area contributed by atoms with Crippen molar-refractivity contribution in [3.05, 3.63) is 35.7 Å². The zero-order valence-corrected chi connectivity index (χ0v) is 68.0. The molecule has 6 saturated heterocycles. The maximum Gasteiger partial charge on any atom is 0.300 e. The molecule has 3 aromatic rings. The van der Waals surface area contributed by atoms with Gasteiger partial charge < -0.3 is 162 Å². The van der Waals surface area contributed by atoms with E-state index in [1.54, 1.807) is 32.6 Å². The van der Waals surface area contributed by atoms with Crippen LogP contribution in [0.2, 0.25) is 0 Å². The van der Waals surface area contributed by atoms with E-state index in [2.05, 4.69) is 52.2 Å². The van der Waals surface area contributed by atoms with Gasteiger partial charge in [-0.15, -0.1) is 15.3 Å². The molecule has 4 amide bonds. The van der Waals surface area contributed by atoms with Crippen molar-refractivity contribution in [2.24, 2.45) is 5.73 Å². The second kappa shape index (κ2) is 52.3. The van der Waals surface area contributed by atoms with E-state index >= 15 is 0 Å². The number of carboxylic acid groups (broad SMARTS) is 1. The fraction of sp³-hybridized carbons (Fsp3) is 0.847. The van der Waals surface area contributed by atoms with E-state index in [1.165, 1.54) is 20.8 Å². The minimum atomic E-state index is -1.34. The average molecular weight is 1710 g/mol. The van der Waals surface area contributed by atoms with E-state index in [9.17, 15) is 49.8 Å². The van der Waals surface area contributed by atoms with E-state index < -0.39 is 102 Å². The highest BCUT2D eigenvalue weighted by Gasteiger charge is 2.62. The molecule has 13 N–H and O–H groups in total. The number of nitrogens with one attached hydrogen (secondary N) is 4. The van der Waals surface area contributed by atoms with Crippen molar-refractivity contribution in [1.29, 1.82) is 0 Å². The summed E-state index contributed by atoms with van der Waals surface area (Å²) in [7, 11) is 0. The van der Waals surface area contributed by atoms with Crippen molar-refractivity contribution < 1.29 is 159 Å². The molecule has 3 aromatic heterocycles. The van der Waals surface area contributed by atoms with Gasteiger partial charge in [-0.2, -0.15) is 0 Å². The molecule has 0 unspecified atom stereocenters. The Hall–Kier alpha value is -6.35. The third-order valence-corrected chi connectivity index (χ3v) is 19.1. The number of carbonyl (C=O) groups excluding carboxylic acids is 4. The number of aromatic nitrogens is 9. The van der Waals surface area contributed by atoms with Crippen LogP contribution < -0.4 is 27.0 Å². The van der Waals surface area contributed by atoms with E-state index in [4.69, 9.17) is 115 Å². The number of hydrogen-bond acceptors (Lipinski definition) is 39. The molecule has 6 aliphatic heterocycles. The molecule has 9 rings (SSSR count). The highest BCUT2D eigenvalue weighted by atomic mass is 16.8. The van der Waals surface area contributed by atoms with Crippen LogP contribution in [0.1, 0.15) is 70.5 Å². The Morgan fingerprint density at radius 1 is 0.420 bits per heavy atom. The Morgan fingerprint density at radius 3 is 0.958 bits per heavy atom. The van der Waals surface area contributed by atoms with Gasteiger partial charge in [-0.1, -0.05) is 22.1 Å². The van der Waals surface area contributed by atoms with Crippen molar-refractivity contribution in [2.45, 2.75) is 189 Å². The number of carbonyl (C=O) groups is 5. The summed E-state index contributed by atoms with van der Waals surface area (Å²) < 4.78 is 126. The van der Waals surface area contributed by atoms with Gasteiger partial charge in [-0.25, -0.2) is 14.0 Å². The molecule has 47 nitrogen and oxygen atoms in total. The van der Waals surface area contributed by atoms with Crippen molar-refractivity contribution in [1.82, 2.24) is 66.2 Å². The summed E-state index contributed by atoms with van der Waals surface area (Å²) in [4.78, 5) is 57.5. The lowest BCUT2D eigenvalue weighted by molar-refractivity contribution is -0.238. The number of ether oxygens (including phenoxy) is 21. The molecule has 15 atom stereocenters. The molecule has 47 heteroatoms. The van der Waals surface area contributed by atoms with Crippen LogP contribution in [0.25, 0.3) is 0 Å². The van der Waals surface area contributed by atoms with Crippen LogP contribution in [-0.2, 0) is 163 Å². The molecule has 0 aromatic carbocycles. The summed E-state index contributed by atoms with van der Waals surface area (Å²) in [6, 6.07) is -2.71. The topological polar surface area (TPSA) is 587 Å². The van der Waals surface area contributed by atoms with Gasteiger partial charge >= 0.3 is 0 Å². The van der Waals surface area contributed by atoms with Crippen LogP contribution >= 0.6 is 0 Å². The highest BCUT2D eigenvalue weighted by Crippen LogP contribution is 2.40. The first-order chi connectivity index (χ1) is 57.5. The molecule has 119 heavy (non-hydrogen) atoms. The summed E-state index contributed by atoms with van der Waals surface area (Å²) in [5, 5.41) is 108. The largest absolute Gasteiger partial charge is 0.481 e. The number of nitrogens with two attached hydrogens (primary N) is 1. The zero-order chi connectivity index (χ0) is 85.3. The molecular formula is C72H122N14O33. The monoisotopic (exact) mass is 1710 g/mol. The molecular weight excluding hydrogens is 1590 g/mol. The SMILES string of the molecule is CC(=O)N[C@H]1[C@H]2OC[C@](COCCOCCOCCOCCn3cc(COCC(COCc4cn(CCOCCOCCOCCOC[C@@]56CO[C@@H](O5)[C@H](NC(C)=O)[C@@H](O)[C@H]6O)nn4)(COCc4cn(CCOCCOCCOCCOC[C@@]56CO[C@@H](O5)[C@H](NC(C)=O)[C@@H](O)[C@H]6O)nn4)NC(=O)CCCCCN)nn3)(O2)[C@H](O)[C@@H]1O.CC(=O)O. The van der Waals surface area contributed by atoms with Gasteiger partial charge in [0.15, 0.2) is 18.9 Å². The standard InChI is InChI=1S/C70H118N14O31.C2H4O2/c1-48(85)72-55-58(89)61(92)68(45-110-64(55)113-68)42-104-30-27-101-24-21-98-18-15-95-12-9-82-33-51(76-79-82)36-107-39-67(75-54(88)7-5-4-6-8-71,40-108-37-52-34-83(80-77-52)10-13-96-16-19-99-22-25-102-28-31-105-43-69-46-111-65(114-69)56(73-49(2)86)59(90)62(69)93)41-109-38-53-35-84(81-78-53)11-14-97-17-20-100-23-26-103-29-32-106-44-70-47-112-66(115-70)57(74-50(3)87)60(91)63(70)94;1-2(3)4/h33-35,55-66,89-94H,4-32,36-47,71H2,1-3H3,(H,72,85)(H,73,86)(H,74,87)(H,75,88);1H3,(H,3,4)/t55-,56-,57-,58-,59-,60-,61-,62-,63-,64+,65+,66+,68+,69+,70+;/m1./s1. The van der Waals surface area contributed by atoms with E-state index in [-0.39, 0.29) is 149 Å². The van der Waals surface area contributed by atoms with Gasteiger partial charge in [0.1, 0.15) is 94.2 Å². The van der Waals surface area contributed by atoms with Crippen molar-refractivity contribution >= 4 is 29.6 Å². The Bertz CT molecular complexity index is 3080. The fourth-order valence-electron chi connectivity index (χ4n) is 13.2. The lowest BCUT2D eigenvalue weighted by atomic mass is 9.88. The minimum absolute atomic E-state index is 0.00981. The van der Waals surface area contributed by atoms with Gasteiger partial charge in [0, 0.05) is 34.1 Å². The summed E-state index contributed by atoms with van der Waals surface area (Å²) in [5.41, 5.74) is 2.26. The van der Waals surface area contributed by atoms with E-state index in [1.807, 2.05) is 0 Å². The minimum Gasteiger partial charge on any atom is -0.481 e. The summed E-state index contributed by atoms with van der Waals surface area (Å²) in [6.07, 6.45) is -3.10. The lowest BCUT2D eigenvalue weighted by Crippen LogP contribution is -2.66. The molecule has 6 bridgehead atoms. The van der Waals surface area contributed by atoms with Crippen LogP contribution in [0.4, 0.5) is 0 Å². The summed E-state index contributed by atoms with van der Waals surface area (Å²) >= 11 is 0. The fourth-order valence-corrected chi connectivity index (χ4v) is 13.2. The lowest BCUT2D eigenvalue weighted by Gasteiger charge is -2.42. The van der Waals surface area contributed by atoms with Crippen LogP contribution in [0.3, 0.4) is 0 Å². The summed E-state index contributed by atoms with van der Waals surface area (Å²) in [6.45, 7) is 12.2. The van der Waals surface area contributed by atoms with Crippen LogP contribution in [-0.4, -0.2) is 411 Å². The normalized spacial score (nSPS) is 26.2. The molecule has 0 radical (unpaired) electrons. The second-order valence-electron chi connectivity index (χ2n) is 29.1. The molecule has 678 valence electrons. The number of aliphatic hydroxyl groups is 6. The maximum absolute atomic E-state index is 13.9. The second-order valence-corrected chi connectivity index (χ2v) is 29.1. The van der Waals surface area contributed by atoms with Crippen LogP contribution in [0.15, 0.2) is 18.6 Å². The van der Waals surface area contributed by atoms with E-state index in [0.29, 0.717) is 149 Å². The predicted molar refractivity (Wildman–Crippen MR) is 400 cm³/mol. The number of hydrogen-bond donors (Lipinski definition) is 12. The Kier molecular flexibility index (Phi) is 43.1. The first kappa shape index (κ1) is 98.1. The molecule has 0 saturated carbocycles. The Morgan fingerprint density at radius 2 is 0.689 bits per heavy atom. The van der Waals surface area contributed by atoms with Crippen LogP contribution in [0.5, 0.6) is 0 Å². The predicted octanol–water partition coefficient (Wildman–Crippen LogP) is -6.87. The number of rotatable bonds is 63. The number of amides is 4. The van der Waals surface area contributed by atoms with Gasteiger partial charge in [0.25, 0.3) is 5.97 Å². The van der Waals surface area contributed by atoms with Gasteiger partial charge in [-0.3, -0.25) is 24.0 Å². The van der Waals surface area contributed by atoms with Gasteiger partial charge in [-0.05, 0) is 19.4 Å². The smallest absolute Gasteiger partial charge is 0.300 e. The average Bonchev–Trinajstić information content (AvgIpc) is 1.63. The molecule has 6 fully saturated rings. The Labute approximate surface area is 687 Å². The first-order valence-electron chi connectivity index (χ1n) is 39.8. The molecule has 9 heterocycles. The molecule has 0 aliphatic carbocycles. The number of carboxylic acids is 1. The van der Waals surface area contributed by atoms with Gasteiger partial charge in [0.05, 0.1) is 256 Å². The van der Waals surface area contributed by atoms with Gasteiger partial charge in [0.2, 0.25) is 23.6 Å². The van der Waals surface area contributed by atoms with Crippen molar-refractivity contribution in [3.8, 4) is 0 Å². The first-order valence-corrected chi connectivity index (χ1v) is 39.8. The number of unbranched alkanes of at least 4 members (excludes halogenated alkanes) is 2. The van der Waals surface area contributed by atoms with Crippen LogP contribution in [0, 0.1) is 0 Å². The zero-order valence-electron chi connectivity index (χ0n) is 68.0. The highest BCUT2D eigenvalue weighted by molar-refractivity contribution is 5.77. The third-order valence-electron chi connectivity index (χ3n) is 19.1. The van der Waals surface area contributed by atoms with Crippen molar-refractivity contribution in [3.63, 3.8) is 0 Å². The van der Waals surface area contributed by atoms with Crippen molar-refractivity contribution in [2.75, 3.05) is 205 Å². The molecule has 0 spiro atoms. The van der Waals surface area contributed by atoms with E-state index in [0.717, 1.165) is 19.8 Å². The maximum atomic E-state index is 13.9. The number of nitrogens with zero attached hydrogens (tertiary/aromatic N) is 9. The number of aliphatic hydroxyl groups excluding tert-OH is 6.